The predicted molar refractivity (Wildman–Crippen MR) is 103 cm³/mol. The first-order valence-electron chi connectivity index (χ1n) is 8.15. The molecule has 2 aromatic carbocycles. The van der Waals surface area contributed by atoms with Crippen LogP contribution in [0.4, 0.5) is 5.69 Å². The first-order chi connectivity index (χ1) is 11.0. The molecule has 122 valence electrons. The molecular formula is C20H25NOS. The first kappa shape index (κ1) is 17.5. The van der Waals surface area contributed by atoms with E-state index in [9.17, 15) is 0 Å². The van der Waals surface area contributed by atoms with E-state index in [2.05, 4.69) is 63.3 Å². The van der Waals surface area contributed by atoms with Gasteiger partial charge in [0.15, 0.2) is 0 Å². The molecule has 0 bridgehead atoms. The SMILES string of the molecule is CCC(=S)Nc1ccc(CC)cc1COc1ccc(C)cc1C. The highest BCUT2D eigenvalue weighted by Crippen LogP contribution is 2.24. The van der Waals surface area contributed by atoms with E-state index >= 15 is 0 Å². The fourth-order valence-corrected chi connectivity index (χ4v) is 2.57. The fraction of sp³-hybridized carbons (Fsp3) is 0.350. The van der Waals surface area contributed by atoms with Gasteiger partial charge in [-0.05, 0) is 49.9 Å². The molecule has 0 saturated heterocycles. The minimum atomic E-state index is 0.534. The number of ether oxygens (including phenoxy) is 1. The molecule has 2 nitrogen and oxygen atoms in total. The van der Waals surface area contributed by atoms with Crippen LogP contribution < -0.4 is 10.1 Å². The molecule has 0 aromatic heterocycles. The minimum absolute atomic E-state index is 0.534. The van der Waals surface area contributed by atoms with Gasteiger partial charge in [0.05, 0.1) is 4.99 Å². The Balaban J connectivity index is 2.20. The molecule has 23 heavy (non-hydrogen) atoms. The third-order valence-corrected chi connectivity index (χ3v) is 4.28. The van der Waals surface area contributed by atoms with Crippen LogP contribution >= 0.6 is 12.2 Å². The maximum Gasteiger partial charge on any atom is 0.122 e. The summed E-state index contributed by atoms with van der Waals surface area (Å²) >= 11 is 5.32. The zero-order chi connectivity index (χ0) is 16.8. The molecule has 0 atom stereocenters. The lowest BCUT2D eigenvalue weighted by molar-refractivity contribution is 0.304. The average Bonchev–Trinajstić information content (AvgIpc) is 2.55. The van der Waals surface area contributed by atoms with Crippen molar-refractivity contribution >= 4 is 22.9 Å². The summed E-state index contributed by atoms with van der Waals surface area (Å²) in [6, 6.07) is 12.7. The molecule has 3 heteroatoms. The molecule has 2 aromatic rings. The standard InChI is InChI=1S/C20H25NOS/c1-5-16-8-9-18(21-20(23)6-2)17(12-16)13-22-19-10-7-14(3)11-15(19)4/h7-12H,5-6,13H2,1-4H3,(H,21,23). The second-order valence-corrected chi connectivity index (χ2v) is 6.30. The van der Waals surface area contributed by atoms with Crippen LogP contribution in [0.3, 0.4) is 0 Å². The molecule has 0 fully saturated rings. The highest BCUT2D eigenvalue weighted by molar-refractivity contribution is 7.80. The lowest BCUT2D eigenvalue weighted by atomic mass is 10.1. The Morgan fingerprint density at radius 2 is 1.87 bits per heavy atom. The summed E-state index contributed by atoms with van der Waals surface area (Å²) in [6.45, 7) is 8.92. The van der Waals surface area contributed by atoms with Crippen molar-refractivity contribution < 1.29 is 4.74 Å². The summed E-state index contributed by atoms with van der Waals surface area (Å²) in [5, 5.41) is 3.32. The Hall–Kier alpha value is -1.87. The molecule has 0 amide bonds. The summed E-state index contributed by atoms with van der Waals surface area (Å²) < 4.78 is 6.05. The third-order valence-electron chi connectivity index (χ3n) is 3.89. The second kappa shape index (κ2) is 8.11. The van der Waals surface area contributed by atoms with Crippen LogP contribution in [0.25, 0.3) is 0 Å². The molecule has 0 aliphatic rings. The van der Waals surface area contributed by atoms with Gasteiger partial charge in [0.1, 0.15) is 12.4 Å². The Labute approximate surface area is 144 Å². The van der Waals surface area contributed by atoms with Crippen LogP contribution in [0, 0.1) is 13.8 Å². The van der Waals surface area contributed by atoms with E-state index < -0.39 is 0 Å². The van der Waals surface area contributed by atoms with E-state index in [1.807, 2.05) is 6.07 Å². The summed E-state index contributed by atoms with van der Waals surface area (Å²) in [6.07, 6.45) is 1.84. The van der Waals surface area contributed by atoms with Crippen molar-refractivity contribution in [2.24, 2.45) is 0 Å². The van der Waals surface area contributed by atoms with Gasteiger partial charge in [-0.25, -0.2) is 0 Å². The van der Waals surface area contributed by atoms with Crippen molar-refractivity contribution in [2.45, 2.75) is 47.1 Å². The largest absolute Gasteiger partial charge is 0.489 e. The summed E-state index contributed by atoms with van der Waals surface area (Å²) in [5.41, 5.74) is 5.89. The van der Waals surface area contributed by atoms with Crippen LogP contribution in [0.5, 0.6) is 5.75 Å². The van der Waals surface area contributed by atoms with Crippen molar-refractivity contribution in [3.05, 3.63) is 58.7 Å². The van der Waals surface area contributed by atoms with E-state index in [1.165, 1.54) is 11.1 Å². The molecule has 0 spiro atoms. The summed E-state index contributed by atoms with van der Waals surface area (Å²) in [7, 11) is 0. The van der Waals surface area contributed by atoms with E-state index in [4.69, 9.17) is 17.0 Å². The van der Waals surface area contributed by atoms with Gasteiger partial charge in [-0.15, -0.1) is 0 Å². The summed E-state index contributed by atoms with van der Waals surface area (Å²) in [5.74, 6) is 0.932. The van der Waals surface area contributed by atoms with Crippen molar-refractivity contribution in [3.8, 4) is 5.75 Å². The zero-order valence-electron chi connectivity index (χ0n) is 14.4. The van der Waals surface area contributed by atoms with Gasteiger partial charge in [-0.3, -0.25) is 0 Å². The topological polar surface area (TPSA) is 21.3 Å². The minimum Gasteiger partial charge on any atom is -0.489 e. The Morgan fingerprint density at radius 3 is 2.52 bits per heavy atom. The van der Waals surface area contributed by atoms with Crippen LogP contribution in [0.1, 0.15) is 42.5 Å². The van der Waals surface area contributed by atoms with Crippen LogP contribution in [-0.2, 0) is 13.0 Å². The number of benzene rings is 2. The summed E-state index contributed by atoms with van der Waals surface area (Å²) in [4.78, 5) is 0.849. The first-order valence-corrected chi connectivity index (χ1v) is 8.56. The zero-order valence-corrected chi connectivity index (χ0v) is 15.2. The third kappa shape index (κ3) is 4.80. The van der Waals surface area contributed by atoms with Gasteiger partial charge in [0.25, 0.3) is 0 Å². The maximum atomic E-state index is 6.05. The highest BCUT2D eigenvalue weighted by Gasteiger charge is 2.07. The van der Waals surface area contributed by atoms with Crippen LogP contribution in [-0.4, -0.2) is 4.99 Å². The van der Waals surface area contributed by atoms with E-state index in [0.29, 0.717) is 6.61 Å². The highest BCUT2D eigenvalue weighted by atomic mass is 32.1. The molecule has 0 unspecified atom stereocenters. The normalized spacial score (nSPS) is 10.4. The number of thiocarbonyl (C=S) groups is 1. The Morgan fingerprint density at radius 1 is 1.09 bits per heavy atom. The predicted octanol–water partition coefficient (Wildman–Crippen LogP) is 5.59. The van der Waals surface area contributed by atoms with Crippen molar-refractivity contribution in [3.63, 3.8) is 0 Å². The van der Waals surface area contributed by atoms with Gasteiger partial charge < -0.3 is 10.1 Å². The van der Waals surface area contributed by atoms with Gasteiger partial charge in [-0.1, -0.05) is 55.9 Å². The van der Waals surface area contributed by atoms with Gasteiger partial charge >= 0.3 is 0 Å². The van der Waals surface area contributed by atoms with E-state index in [1.54, 1.807) is 0 Å². The molecular weight excluding hydrogens is 302 g/mol. The Kier molecular flexibility index (Phi) is 6.17. The Bertz CT molecular complexity index is 694. The molecule has 0 radical (unpaired) electrons. The van der Waals surface area contributed by atoms with Gasteiger partial charge in [-0.2, -0.15) is 0 Å². The monoisotopic (exact) mass is 327 g/mol. The number of rotatable bonds is 6. The average molecular weight is 327 g/mol. The van der Waals surface area contributed by atoms with Crippen molar-refractivity contribution in [1.82, 2.24) is 0 Å². The molecule has 0 saturated carbocycles. The van der Waals surface area contributed by atoms with Crippen LogP contribution in [0.15, 0.2) is 36.4 Å². The lowest BCUT2D eigenvalue weighted by Gasteiger charge is -2.15. The smallest absolute Gasteiger partial charge is 0.122 e. The quantitative estimate of drug-likeness (QED) is 0.698. The molecule has 0 heterocycles. The van der Waals surface area contributed by atoms with Gasteiger partial charge in [0.2, 0.25) is 0 Å². The molecule has 2 rings (SSSR count). The number of hydrogen-bond acceptors (Lipinski definition) is 2. The molecule has 0 aliphatic carbocycles. The van der Waals surface area contributed by atoms with Crippen molar-refractivity contribution in [1.29, 1.82) is 0 Å². The molecule has 0 aliphatic heterocycles. The van der Waals surface area contributed by atoms with Gasteiger partial charge in [0, 0.05) is 11.3 Å². The number of anilines is 1. The number of nitrogens with one attached hydrogen (secondary N) is 1. The van der Waals surface area contributed by atoms with E-state index in [-0.39, 0.29) is 0 Å². The fourth-order valence-electron chi connectivity index (χ4n) is 2.46. The number of hydrogen-bond donors (Lipinski definition) is 1. The van der Waals surface area contributed by atoms with E-state index in [0.717, 1.165) is 40.4 Å². The number of aryl methyl sites for hydroxylation is 3. The second-order valence-electron chi connectivity index (χ2n) is 5.80. The maximum absolute atomic E-state index is 6.05. The van der Waals surface area contributed by atoms with Crippen molar-refractivity contribution in [2.75, 3.05) is 5.32 Å². The van der Waals surface area contributed by atoms with Crippen LogP contribution in [0.2, 0.25) is 0 Å². The lowest BCUT2D eigenvalue weighted by Crippen LogP contribution is -2.10. The molecule has 1 N–H and O–H groups in total.